The van der Waals surface area contributed by atoms with E-state index >= 15 is 0 Å². The van der Waals surface area contributed by atoms with Crippen molar-refractivity contribution in [3.63, 3.8) is 0 Å². The van der Waals surface area contributed by atoms with E-state index in [1.165, 1.54) is 41.6 Å². The van der Waals surface area contributed by atoms with Crippen LogP contribution in [0.15, 0.2) is 108 Å². The lowest BCUT2D eigenvalue weighted by Gasteiger charge is -2.58. The number of hydrogen-bond donors (Lipinski definition) is 4. The van der Waals surface area contributed by atoms with Gasteiger partial charge in [-0.3, -0.25) is 24.7 Å². The van der Waals surface area contributed by atoms with Crippen LogP contribution >= 0.6 is 0 Å². The van der Waals surface area contributed by atoms with Crippen LogP contribution in [0.4, 0.5) is 25.8 Å². The van der Waals surface area contributed by atoms with Crippen molar-refractivity contribution < 1.29 is 36.8 Å². The zero-order chi connectivity index (χ0) is 51.9. The Balaban J connectivity index is 0.832. The van der Waals surface area contributed by atoms with Crippen molar-refractivity contribution in [3.05, 3.63) is 147 Å². The standard InChI is InChI=1S/C56H64F2N8O7S/c1-36(2)44-6-4-5-7-45(44)51-35-63(34-38-8-12-47(57)48(58)26-38)24-25-65(51)41-30-56(31-41)19-22-64(23-20-56)40-9-11-46(52(28-40)73-42-27-39-16-21-59-53(39)61-33-42)54(67)62-74(71,72)43-10-13-49(50(29-43)66(69)70)60-32-37-14-17-55(3,68)18-15-37/h4-13,16,21,26-29,33,36-37,41,51,60,68H,14-15,17-20,22-25,30-32,34-35H2,1-3H3,(H,59,61)(H,62,67)/t37?,51-,55?/m1/s1. The van der Waals surface area contributed by atoms with E-state index in [9.17, 15) is 37.2 Å². The van der Waals surface area contributed by atoms with Crippen molar-refractivity contribution in [2.45, 2.75) is 107 Å². The molecule has 4 N–H and O–H groups in total. The number of nitrogens with one attached hydrogen (secondary N) is 3. The maximum Gasteiger partial charge on any atom is 0.293 e. The first-order valence-electron chi connectivity index (χ1n) is 25.7. The molecule has 18 heteroatoms. The van der Waals surface area contributed by atoms with Gasteiger partial charge in [0.1, 0.15) is 22.8 Å². The fraction of sp³-hybridized carbons (Fsp3) is 0.429. The fourth-order valence-corrected chi connectivity index (χ4v) is 12.8. The molecule has 6 aromatic rings. The summed E-state index contributed by atoms with van der Waals surface area (Å²) < 4.78 is 64.2. The number of H-pyrrole nitrogens is 1. The molecule has 1 atom stereocenters. The van der Waals surface area contributed by atoms with Crippen molar-refractivity contribution in [3.8, 4) is 11.5 Å². The lowest BCUT2D eigenvalue weighted by atomic mass is 9.59. The molecule has 2 aliphatic heterocycles. The molecular weight excluding hydrogens is 967 g/mol. The SMILES string of the molecule is CC(C)c1ccccc1[C@H]1CN(Cc2ccc(F)c(F)c2)CCN1C1CC2(CCN(c3ccc(C(=O)NS(=O)(=O)c4ccc(NCC5CCC(C)(O)CC5)c([N+](=O)[O-])c4)c(Oc4cnc5[nH]ccc5c4)c3)CC2)C1. The van der Waals surface area contributed by atoms with Crippen LogP contribution in [-0.2, 0) is 16.6 Å². The molecule has 2 aromatic heterocycles. The van der Waals surface area contributed by atoms with Crippen molar-refractivity contribution in [1.82, 2.24) is 24.5 Å². The molecular formula is C56H64F2N8O7S. The Hall–Kier alpha value is -6.47. The van der Waals surface area contributed by atoms with Crippen LogP contribution in [-0.4, -0.2) is 95.0 Å². The number of nitrogens with zero attached hydrogens (tertiary/aromatic N) is 5. The molecule has 2 aliphatic carbocycles. The van der Waals surface area contributed by atoms with E-state index in [1.807, 2.05) is 6.07 Å². The van der Waals surface area contributed by atoms with Gasteiger partial charge >= 0.3 is 0 Å². The number of rotatable bonds is 15. The number of hydrogen-bond acceptors (Lipinski definition) is 12. The summed E-state index contributed by atoms with van der Waals surface area (Å²) >= 11 is 0. The van der Waals surface area contributed by atoms with Crippen LogP contribution in [0.5, 0.6) is 11.5 Å². The molecule has 0 unspecified atom stereocenters. The molecule has 10 rings (SSSR count). The van der Waals surface area contributed by atoms with E-state index in [-0.39, 0.29) is 34.4 Å². The third kappa shape index (κ3) is 11.0. The fourth-order valence-electron chi connectivity index (χ4n) is 11.8. The van der Waals surface area contributed by atoms with Gasteiger partial charge in [-0.1, -0.05) is 44.2 Å². The average Bonchev–Trinajstić information content (AvgIpc) is 3.84. The lowest BCUT2D eigenvalue weighted by Crippen LogP contribution is -2.60. The second kappa shape index (κ2) is 20.7. The normalized spacial score (nSPS) is 21.7. The van der Waals surface area contributed by atoms with Gasteiger partial charge in [-0.15, -0.1) is 0 Å². The first kappa shape index (κ1) is 51.0. The summed E-state index contributed by atoms with van der Waals surface area (Å²) in [6, 6.07) is 25.6. The predicted molar refractivity (Wildman–Crippen MR) is 280 cm³/mol. The Morgan fingerprint density at radius 3 is 2.46 bits per heavy atom. The van der Waals surface area contributed by atoms with Gasteiger partial charge in [-0.2, -0.15) is 0 Å². The van der Waals surface area contributed by atoms with Gasteiger partial charge in [-0.25, -0.2) is 26.9 Å². The number of amides is 1. The Kier molecular flexibility index (Phi) is 14.3. The summed E-state index contributed by atoms with van der Waals surface area (Å²) in [4.78, 5) is 40.0. The number of halogens is 2. The van der Waals surface area contributed by atoms with Crippen LogP contribution in [0.2, 0.25) is 0 Å². The molecule has 390 valence electrons. The minimum absolute atomic E-state index is 0.0560. The van der Waals surface area contributed by atoms with E-state index < -0.39 is 48.7 Å². The molecule has 1 amide bonds. The largest absolute Gasteiger partial charge is 0.455 e. The van der Waals surface area contributed by atoms with E-state index in [0.29, 0.717) is 49.3 Å². The first-order chi connectivity index (χ1) is 35.4. The van der Waals surface area contributed by atoms with Gasteiger partial charge in [0.05, 0.1) is 27.2 Å². The van der Waals surface area contributed by atoms with Crippen LogP contribution < -0.4 is 19.7 Å². The Morgan fingerprint density at radius 1 is 0.946 bits per heavy atom. The topological polar surface area (TPSA) is 186 Å². The van der Waals surface area contributed by atoms with Crippen LogP contribution in [0.3, 0.4) is 0 Å². The van der Waals surface area contributed by atoms with Crippen LogP contribution in [0.25, 0.3) is 11.0 Å². The van der Waals surface area contributed by atoms with Crippen molar-refractivity contribution in [1.29, 1.82) is 0 Å². The number of fused-ring (bicyclic) bond motifs is 1. The summed E-state index contributed by atoms with van der Waals surface area (Å²) in [5.41, 5.74) is 3.94. The first-order valence-corrected chi connectivity index (χ1v) is 27.2. The van der Waals surface area contributed by atoms with Gasteiger partial charge in [0.2, 0.25) is 0 Å². The van der Waals surface area contributed by atoms with E-state index in [1.54, 1.807) is 43.5 Å². The minimum Gasteiger partial charge on any atom is -0.455 e. The highest BCUT2D eigenvalue weighted by Crippen LogP contribution is 2.53. The molecule has 2 saturated heterocycles. The van der Waals surface area contributed by atoms with E-state index in [4.69, 9.17) is 4.74 Å². The lowest BCUT2D eigenvalue weighted by molar-refractivity contribution is -0.384. The summed E-state index contributed by atoms with van der Waals surface area (Å²) in [6.07, 6.45) is 10.1. The average molecular weight is 1030 g/mol. The molecule has 0 radical (unpaired) electrons. The van der Waals surface area contributed by atoms with Gasteiger partial charge in [0.15, 0.2) is 11.6 Å². The maximum absolute atomic E-state index is 14.2. The minimum atomic E-state index is -4.61. The number of aromatic amines is 1. The van der Waals surface area contributed by atoms with Crippen LogP contribution in [0, 0.1) is 33.1 Å². The predicted octanol–water partition coefficient (Wildman–Crippen LogP) is 10.4. The molecule has 15 nitrogen and oxygen atoms in total. The van der Waals surface area contributed by atoms with Crippen LogP contribution in [0.1, 0.15) is 111 Å². The van der Waals surface area contributed by atoms with E-state index in [2.05, 4.69) is 72.8 Å². The van der Waals surface area contributed by atoms with Gasteiger partial charge in [0.25, 0.3) is 21.6 Å². The number of nitro groups is 1. The zero-order valence-corrected chi connectivity index (χ0v) is 42.8. The molecule has 4 aromatic carbocycles. The summed E-state index contributed by atoms with van der Waals surface area (Å²) in [6.45, 7) is 11.2. The molecule has 1 spiro atoms. The summed E-state index contributed by atoms with van der Waals surface area (Å²) in [5.74, 6) is -1.67. The van der Waals surface area contributed by atoms with Crippen molar-refractivity contribution in [2.24, 2.45) is 11.3 Å². The number of piperazine rings is 1. The number of benzene rings is 4. The monoisotopic (exact) mass is 1030 g/mol. The Bertz CT molecular complexity index is 3160. The van der Waals surface area contributed by atoms with Gasteiger partial charge in [0, 0.05) is 87.3 Å². The third-order valence-corrected chi connectivity index (χ3v) is 17.5. The molecule has 4 fully saturated rings. The van der Waals surface area contributed by atoms with Gasteiger partial charge in [-0.05, 0) is 141 Å². The third-order valence-electron chi connectivity index (χ3n) is 16.1. The quantitative estimate of drug-likeness (QED) is 0.0564. The molecule has 4 aliphatic rings. The zero-order valence-electron chi connectivity index (χ0n) is 42.0. The number of carbonyl (C=O) groups is 1. The number of nitro benzene ring substituents is 1. The van der Waals surface area contributed by atoms with Crippen molar-refractivity contribution >= 4 is 44.0 Å². The number of piperidine rings is 1. The number of aliphatic hydroxyl groups is 1. The second-order valence-electron chi connectivity index (χ2n) is 21.6. The summed E-state index contributed by atoms with van der Waals surface area (Å²) in [7, 11) is -4.61. The second-order valence-corrected chi connectivity index (χ2v) is 23.3. The Morgan fingerprint density at radius 2 is 1.72 bits per heavy atom. The summed E-state index contributed by atoms with van der Waals surface area (Å²) in [5, 5.41) is 26.4. The highest BCUT2D eigenvalue weighted by molar-refractivity contribution is 7.90. The smallest absolute Gasteiger partial charge is 0.293 e. The molecule has 0 bridgehead atoms. The maximum atomic E-state index is 14.2. The number of aromatic nitrogens is 2. The van der Waals surface area contributed by atoms with Crippen molar-refractivity contribution in [2.75, 3.05) is 49.5 Å². The highest BCUT2D eigenvalue weighted by Gasteiger charge is 2.50. The molecule has 2 saturated carbocycles. The Labute approximate surface area is 430 Å². The number of ether oxygens (including phenoxy) is 1. The number of anilines is 2. The molecule has 74 heavy (non-hydrogen) atoms. The number of carbonyl (C=O) groups excluding carboxylic acids is 1. The van der Waals surface area contributed by atoms with E-state index in [0.717, 1.165) is 94.0 Å². The van der Waals surface area contributed by atoms with Gasteiger partial charge < -0.3 is 25.0 Å². The number of pyridine rings is 1. The highest BCUT2D eigenvalue weighted by atomic mass is 32.2. The molecule has 4 heterocycles. The number of sulfonamides is 1.